The number of amides is 1. The number of hydrogen-bond donors (Lipinski definition) is 1. The third-order valence-corrected chi connectivity index (χ3v) is 6.45. The Balaban J connectivity index is 1.89. The molecule has 0 aromatic heterocycles. The van der Waals surface area contributed by atoms with Gasteiger partial charge >= 0.3 is 0 Å². The highest BCUT2D eigenvalue weighted by molar-refractivity contribution is 7.89. The number of benzene rings is 2. The number of rotatable bonds is 6. The van der Waals surface area contributed by atoms with Gasteiger partial charge in [0.15, 0.2) is 0 Å². The summed E-state index contributed by atoms with van der Waals surface area (Å²) in [7, 11) is -1.03. The summed E-state index contributed by atoms with van der Waals surface area (Å²) < 4.78 is 51.2. The summed E-state index contributed by atoms with van der Waals surface area (Å²) in [5.41, 5.74) is 0.401. The van der Waals surface area contributed by atoms with Crippen LogP contribution in [0.5, 0.6) is 11.5 Å². The Labute approximate surface area is 163 Å². The number of ether oxygens (including phenoxy) is 2. The lowest BCUT2D eigenvalue weighted by atomic mass is 10.2. The first-order valence-electron chi connectivity index (χ1n) is 8.70. The van der Waals surface area contributed by atoms with Crippen molar-refractivity contribution in [2.24, 2.45) is 0 Å². The number of sulfonamides is 1. The molecule has 0 spiro atoms. The molecular formula is C19H21FN2O5S. The van der Waals surface area contributed by atoms with E-state index in [1.165, 1.54) is 24.6 Å². The standard InChI is InChI=1S/C19H21FN2O5S/c1-26-14-6-8-16(17(12-14)27-2)21-19(23)13-5-7-15(20)18(11-13)28(24,25)22-9-3-4-10-22/h5-8,11-12H,3-4,9-10H2,1-2H3,(H,21,23). The van der Waals surface area contributed by atoms with Crippen molar-refractivity contribution in [3.8, 4) is 11.5 Å². The maximum Gasteiger partial charge on any atom is 0.255 e. The summed E-state index contributed by atoms with van der Waals surface area (Å²) in [6.45, 7) is 0.697. The van der Waals surface area contributed by atoms with Gasteiger partial charge in [0.1, 0.15) is 22.2 Å². The molecule has 1 amide bonds. The minimum Gasteiger partial charge on any atom is -0.497 e. The van der Waals surface area contributed by atoms with Gasteiger partial charge < -0.3 is 14.8 Å². The van der Waals surface area contributed by atoms with E-state index in [9.17, 15) is 17.6 Å². The molecule has 1 heterocycles. The molecule has 0 radical (unpaired) electrons. The topological polar surface area (TPSA) is 84.9 Å². The smallest absolute Gasteiger partial charge is 0.255 e. The predicted molar refractivity (Wildman–Crippen MR) is 102 cm³/mol. The third-order valence-electron chi connectivity index (χ3n) is 4.53. The molecule has 2 aromatic rings. The van der Waals surface area contributed by atoms with Gasteiger partial charge in [-0.15, -0.1) is 0 Å². The Bertz CT molecular complexity index is 988. The highest BCUT2D eigenvalue weighted by atomic mass is 32.2. The van der Waals surface area contributed by atoms with E-state index < -0.39 is 26.6 Å². The van der Waals surface area contributed by atoms with Crippen molar-refractivity contribution in [1.82, 2.24) is 4.31 Å². The zero-order chi connectivity index (χ0) is 20.3. The van der Waals surface area contributed by atoms with Crippen molar-refractivity contribution in [1.29, 1.82) is 0 Å². The van der Waals surface area contributed by atoms with Gasteiger partial charge in [0, 0.05) is 24.7 Å². The van der Waals surface area contributed by atoms with Gasteiger partial charge in [0.2, 0.25) is 10.0 Å². The molecule has 28 heavy (non-hydrogen) atoms. The van der Waals surface area contributed by atoms with E-state index in [-0.39, 0.29) is 5.56 Å². The van der Waals surface area contributed by atoms with Crippen molar-refractivity contribution in [3.05, 3.63) is 47.8 Å². The first-order chi connectivity index (χ1) is 13.4. The van der Waals surface area contributed by atoms with E-state index in [4.69, 9.17) is 9.47 Å². The average molecular weight is 408 g/mol. The second-order valence-corrected chi connectivity index (χ2v) is 8.18. The molecule has 3 rings (SSSR count). The fourth-order valence-corrected chi connectivity index (χ4v) is 4.61. The van der Waals surface area contributed by atoms with Crippen LogP contribution in [0.3, 0.4) is 0 Å². The van der Waals surface area contributed by atoms with E-state index >= 15 is 0 Å². The van der Waals surface area contributed by atoms with E-state index in [0.29, 0.717) is 30.3 Å². The monoisotopic (exact) mass is 408 g/mol. The van der Waals surface area contributed by atoms with Crippen LogP contribution in [-0.2, 0) is 10.0 Å². The quantitative estimate of drug-likeness (QED) is 0.795. The molecule has 1 aliphatic rings. The molecule has 1 fully saturated rings. The minimum absolute atomic E-state index is 0.0250. The second-order valence-electron chi connectivity index (χ2n) is 6.28. The van der Waals surface area contributed by atoms with Crippen molar-refractivity contribution < 1.29 is 27.1 Å². The Morgan fingerprint density at radius 2 is 1.79 bits per heavy atom. The molecule has 0 atom stereocenters. The molecule has 0 aliphatic carbocycles. The zero-order valence-corrected chi connectivity index (χ0v) is 16.4. The Morgan fingerprint density at radius 1 is 1.07 bits per heavy atom. The molecule has 0 unspecified atom stereocenters. The summed E-state index contributed by atoms with van der Waals surface area (Å²) in [6.07, 6.45) is 1.47. The maximum absolute atomic E-state index is 14.2. The van der Waals surface area contributed by atoms with Gasteiger partial charge in [-0.2, -0.15) is 4.31 Å². The third kappa shape index (κ3) is 3.95. The van der Waals surface area contributed by atoms with E-state index in [2.05, 4.69) is 5.32 Å². The normalized spacial score (nSPS) is 14.7. The minimum atomic E-state index is -3.98. The highest BCUT2D eigenvalue weighted by Crippen LogP contribution is 2.30. The second kappa shape index (κ2) is 8.15. The van der Waals surface area contributed by atoms with Crippen molar-refractivity contribution >= 4 is 21.6 Å². The van der Waals surface area contributed by atoms with Crippen LogP contribution in [0.15, 0.2) is 41.3 Å². The molecule has 0 saturated carbocycles. The van der Waals surface area contributed by atoms with Crippen LogP contribution in [0.25, 0.3) is 0 Å². The Morgan fingerprint density at radius 3 is 2.43 bits per heavy atom. The number of nitrogens with zero attached hydrogens (tertiary/aromatic N) is 1. The van der Waals surface area contributed by atoms with Gasteiger partial charge in [0.25, 0.3) is 5.91 Å². The summed E-state index contributed by atoms with van der Waals surface area (Å²) in [5.74, 6) is -0.540. The molecule has 1 saturated heterocycles. The molecule has 150 valence electrons. The summed E-state index contributed by atoms with van der Waals surface area (Å²) in [5, 5.41) is 2.65. The summed E-state index contributed by atoms with van der Waals surface area (Å²) >= 11 is 0. The molecule has 1 N–H and O–H groups in total. The number of anilines is 1. The van der Waals surface area contributed by atoms with Crippen LogP contribution in [-0.4, -0.2) is 45.9 Å². The first kappa shape index (κ1) is 20.1. The molecule has 2 aromatic carbocycles. The lowest BCUT2D eigenvalue weighted by Crippen LogP contribution is -2.29. The van der Waals surface area contributed by atoms with Gasteiger partial charge in [-0.25, -0.2) is 12.8 Å². The van der Waals surface area contributed by atoms with E-state index in [1.807, 2.05) is 0 Å². The van der Waals surface area contributed by atoms with Gasteiger partial charge in [-0.05, 0) is 43.2 Å². The van der Waals surface area contributed by atoms with E-state index in [0.717, 1.165) is 25.0 Å². The Hall–Kier alpha value is -2.65. The van der Waals surface area contributed by atoms with Crippen molar-refractivity contribution in [3.63, 3.8) is 0 Å². The molecule has 0 bridgehead atoms. The van der Waals surface area contributed by atoms with Crippen molar-refractivity contribution in [2.45, 2.75) is 17.7 Å². The molecular weight excluding hydrogens is 387 g/mol. The van der Waals surface area contributed by atoms with Gasteiger partial charge in [0.05, 0.1) is 19.9 Å². The maximum atomic E-state index is 14.2. The van der Waals surface area contributed by atoms with Crippen LogP contribution >= 0.6 is 0 Å². The number of nitrogens with one attached hydrogen (secondary N) is 1. The lowest BCUT2D eigenvalue weighted by Gasteiger charge is -2.17. The fourth-order valence-electron chi connectivity index (χ4n) is 3.01. The van der Waals surface area contributed by atoms with Crippen LogP contribution in [0, 0.1) is 5.82 Å². The average Bonchev–Trinajstić information content (AvgIpc) is 3.24. The van der Waals surface area contributed by atoms with Gasteiger partial charge in [-0.1, -0.05) is 0 Å². The Kier molecular flexibility index (Phi) is 5.85. The molecule has 1 aliphatic heterocycles. The number of carbonyl (C=O) groups excluding carboxylic acids is 1. The SMILES string of the molecule is COc1ccc(NC(=O)c2ccc(F)c(S(=O)(=O)N3CCCC3)c2)c(OC)c1. The van der Waals surface area contributed by atoms with Gasteiger partial charge in [-0.3, -0.25) is 4.79 Å². The first-order valence-corrected chi connectivity index (χ1v) is 10.1. The fraction of sp³-hybridized carbons (Fsp3) is 0.316. The highest BCUT2D eigenvalue weighted by Gasteiger charge is 2.30. The number of hydrogen-bond acceptors (Lipinski definition) is 5. The number of methoxy groups -OCH3 is 2. The molecule has 7 nitrogen and oxygen atoms in total. The van der Waals surface area contributed by atoms with Crippen LogP contribution in [0.4, 0.5) is 10.1 Å². The number of halogens is 1. The largest absolute Gasteiger partial charge is 0.497 e. The molecule has 9 heteroatoms. The van der Waals surface area contributed by atoms with Crippen LogP contribution in [0.1, 0.15) is 23.2 Å². The van der Waals surface area contributed by atoms with Crippen LogP contribution in [0.2, 0.25) is 0 Å². The lowest BCUT2D eigenvalue weighted by molar-refractivity contribution is 0.102. The van der Waals surface area contributed by atoms with Crippen molar-refractivity contribution in [2.75, 3.05) is 32.6 Å². The zero-order valence-electron chi connectivity index (χ0n) is 15.6. The number of carbonyl (C=O) groups is 1. The van der Waals surface area contributed by atoms with E-state index in [1.54, 1.807) is 18.2 Å². The van der Waals surface area contributed by atoms with Crippen LogP contribution < -0.4 is 14.8 Å². The predicted octanol–water partition coefficient (Wildman–Crippen LogP) is 2.88. The summed E-state index contributed by atoms with van der Waals surface area (Å²) in [6, 6.07) is 8.14. The summed E-state index contributed by atoms with van der Waals surface area (Å²) in [4.78, 5) is 12.1.